The molecule has 0 aliphatic carbocycles. The van der Waals surface area contributed by atoms with Gasteiger partial charge in [0, 0.05) is 19.2 Å². The first kappa shape index (κ1) is 16.6. The van der Waals surface area contributed by atoms with Gasteiger partial charge in [-0.2, -0.15) is 0 Å². The molecule has 122 valence electrons. The number of nitrogens with one attached hydrogen (secondary N) is 1. The van der Waals surface area contributed by atoms with Gasteiger partial charge in [0.05, 0.1) is 12.5 Å². The molecule has 0 bridgehead atoms. The SMILES string of the molecule is CC(CN(C)C(=O)NCc1ccc(-c2ccccc2)o1)C(=O)O. The lowest BCUT2D eigenvalue weighted by Crippen LogP contribution is -2.40. The highest BCUT2D eigenvalue weighted by Crippen LogP contribution is 2.21. The molecule has 0 saturated carbocycles. The second-order valence-electron chi connectivity index (χ2n) is 5.41. The van der Waals surface area contributed by atoms with Crippen LogP contribution in [0.2, 0.25) is 0 Å². The Kier molecular flexibility index (Phi) is 5.41. The van der Waals surface area contributed by atoms with Crippen LogP contribution in [0.15, 0.2) is 46.9 Å². The van der Waals surface area contributed by atoms with Crippen LogP contribution in [-0.4, -0.2) is 35.6 Å². The normalized spacial score (nSPS) is 11.7. The molecule has 0 spiro atoms. The van der Waals surface area contributed by atoms with Crippen molar-refractivity contribution in [2.24, 2.45) is 5.92 Å². The predicted octanol–water partition coefficient (Wildman–Crippen LogP) is 2.81. The quantitative estimate of drug-likeness (QED) is 0.858. The van der Waals surface area contributed by atoms with Crippen molar-refractivity contribution in [1.29, 1.82) is 0 Å². The molecule has 1 unspecified atom stereocenters. The number of carbonyl (C=O) groups excluding carboxylic acids is 1. The van der Waals surface area contributed by atoms with Gasteiger partial charge < -0.3 is 19.7 Å². The van der Waals surface area contributed by atoms with E-state index in [0.29, 0.717) is 5.76 Å². The number of nitrogens with zero attached hydrogens (tertiary/aromatic N) is 1. The molecule has 1 aromatic carbocycles. The number of aliphatic carboxylic acids is 1. The third-order valence-corrected chi connectivity index (χ3v) is 3.45. The van der Waals surface area contributed by atoms with Crippen molar-refractivity contribution >= 4 is 12.0 Å². The number of carboxylic acids is 1. The fourth-order valence-electron chi connectivity index (χ4n) is 2.10. The van der Waals surface area contributed by atoms with Crippen molar-refractivity contribution in [3.8, 4) is 11.3 Å². The Bertz CT molecular complexity index is 666. The third kappa shape index (κ3) is 4.60. The number of hydrogen-bond acceptors (Lipinski definition) is 3. The molecule has 2 aromatic rings. The molecule has 23 heavy (non-hydrogen) atoms. The minimum atomic E-state index is -0.928. The van der Waals surface area contributed by atoms with Gasteiger partial charge in [-0.25, -0.2) is 4.79 Å². The van der Waals surface area contributed by atoms with E-state index in [4.69, 9.17) is 9.52 Å². The van der Waals surface area contributed by atoms with Crippen LogP contribution in [0.25, 0.3) is 11.3 Å². The summed E-state index contributed by atoms with van der Waals surface area (Å²) in [7, 11) is 1.56. The number of carbonyl (C=O) groups is 2. The Hall–Kier alpha value is -2.76. The molecule has 0 aliphatic rings. The van der Waals surface area contributed by atoms with Crippen molar-refractivity contribution in [3.63, 3.8) is 0 Å². The van der Waals surface area contributed by atoms with E-state index in [1.807, 2.05) is 42.5 Å². The number of hydrogen-bond donors (Lipinski definition) is 2. The molecule has 1 aromatic heterocycles. The van der Waals surface area contributed by atoms with Gasteiger partial charge in [0.25, 0.3) is 0 Å². The standard InChI is InChI=1S/C17H20N2O4/c1-12(16(20)21)11-19(2)17(22)18-10-14-8-9-15(23-14)13-6-4-3-5-7-13/h3-9,12H,10-11H2,1-2H3,(H,18,22)(H,20,21). The Morgan fingerprint density at radius 2 is 1.91 bits per heavy atom. The van der Waals surface area contributed by atoms with Gasteiger partial charge in [0.1, 0.15) is 11.5 Å². The maximum absolute atomic E-state index is 11.9. The first-order valence-corrected chi connectivity index (χ1v) is 7.33. The van der Waals surface area contributed by atoms with Crippen LogP contribution < -0.4 is 5.32 Å². The largest absolute Gasteiger partial charge is 0.481 e. The topological polar surface area (TPSA) is 82.8 Å². The summed E-state index contributed by atoms with van der Waals surface area (Å²) in [6, 6.07) is 13.0. The zero-order valence-electron chi connectivity index (χ0n) is 13.2. The summed E-state index contributed by atoms with van der Waals surface area (Å²) in [6.07, 6.45) is 0. The molecule has 6 nitrogen and oxygen atoms in total. The number of benzene rings is 1. The lowest BCUT2D eigenvalue weighted by atomic mass is 10.2. The van der Waals surface area contributed by atoms with Crippen molar-refractivity contribution < 1.29 is 19.1 Å². The van der Waals surface area contributed by atoms with Gasteiger partial charge in [-0.05, 0) is 12.1 Å². The summed E-state index contributed by atoms with van der Waals surface area (Å²) in [4.78, 5) is 24.1. The minimum Gasteiger partial charge on any atom is -0.481 e. The summed E-state index contributed by atoms with van der Waals surface area (Å²) in [5, 5.41) is 11.6. The lowest BCUT2D eigenvalue weighted by Gasteiger charge is -2.19. The molecule has 0 saturated heterocycles. The Balaban J connectivity index is 1.87. The molecule has 6 heteroatoms. The van der Waals surface area contributed by atoms with Crippen LogP contribution in [0, 0.1) is 5.92 Å². The average Bonchev–Trinajstić information content (AvgIpc) is 3.02. The van der Waals surface area contributed by atoms with Crippen molar-refractivity contribution in [2.75, 3.05) is 13.6 Å². The van der Waals surface area contributed by atoms with E-state index in [2.05, 4.69) is 5.32 Å². The molecular formula is C17H20N2O4. The maximum Gasteiger partial charge on any atom is 0.317 e. The van der Waals surface area contributed by atoms with Crippen LogP contribution in [0.5, 0.6) is 0 Å². The number of amides is 2. The van der Waals surface area contributed by atoms with E-state index in [1.54, 1.807) is 14.0 Å². The second-order valence-corrected chi connectivity index (χ2v) is 5.41. The van der Waals surface area contributed by atoms with Gasteiger partial charge in [0.2, 0.25) is 0 Å². The first-order chi connectivity index (χ1) is 11.0. The van der Waals surface area contributed by atoms with Gasteiger partial charge in [-0.3, -0.25) is 4.79 Å². The Labute approximate surface area is 134 Å². The van der Waals surface area contributed by atoms with E-state index >= 15 is 0 Å². The number of urea groups is 1. The summed E-state index contributed by atoms with van der Waals surface area (Å²) < 4.78 is 5.69. The van der Waals surface area contributed by atoms with Crippen molar-refractivity contribution in [2.45, 2.75) is 13.5 Å². The molecule has 0 fully saturated rings. The highest BCUT2D eigenvalue weighted by atomic mass is 16.4. The minimum absolute atomic E-state index is 0.147. The Morgan fingerprint density at radius 3 is 2.57 bits per heavy atom. The van der Waals surface area contributed by atoms with Crippen molar-refractivity contribution in [3.05, 3.63) is 48.2 Å². The molecule has 2 rings (SSSR count). The van der Waals surface area contributed by atoms with Gasteiger partial charge in [0.15, 0.2) is 0 Å². The summed E-state index contributed by atoms with van der Waals surface area (Å²) in [6.45, 7) is 1.96. The van der Waals surface area contributed by atoms with E-state index in [1.165, 1.54) is 4.90 Å². The number of furan rings is 1. The summed E-state index contributed by atoms with van der Waals surface area (Å²) in [5.74, 6) is -0.165. The highest BCUT2D eigenvalue weighted by Gasteiger charge is 2.17. The summed E-state index contributed by atoms with van der Waals surface area (Å²) >= 11 is 0. The van der Waals surface area contributed by atoms with Crippen LogP contribution in [0.4, 0.5) is 4.79 Å². The lowest BCUT2D eigenvalue weighted by molar-refractivity contribution is -0.141. The monoisotopic (exact) mass is 316 g/mol. The van der Waals surface area contributed by atoms with Gasteiger partial charge in [-0.1, -0.05) is 37.3 Å². The fraction of sp³-hybridized carbons (Fsp3) is 0.294. The van der Waals surface area contributed by atoms with Gasteiger partial charge in [-0.15, -0.1) is 0 Å². The number of carboxylic acid groups (broad SMARTS) is 1. The maximum atomic E-state index is 11.9. The zero-order chi connectivity index (χ0) is 16.8. The fourth-order valence-corrected chi connectivity index (χ4v) is 2.10. The molecule has 0 aliphatic heterocycles. The highest BCUT2D eigenvalue weighted by molar-refractivity contribution is 5.75. The molecular weight excluding hydrogens is 296 g/mol. The third-order valence-electron chi connectivity index (χ3n) is 3.45. The van der Waals surface area contributed by atoms with Crippen LogP contribution in [0.3, 0.4) is 0 Å². The number of rotatable bonds is 6. The molecule has 0 radical (unpaired) electrons. The zero-order valence-corrected chi connectivity index (χ0v) is 13.2. The predicted molar refractivity (Wildman–Crippen MR) is 85.8 cm³/mol. The van der Waals surface area contributed by atoms with Crippen molar-refractivity contribution in [1.82, 2.24) is 10.2 Å². The van der Waals surface area contributed by atoms with Crippen LogP contribution in [0.1, 0.15) is 12.7 Å². The van der Waals surface area contributed by atoms with E-state index < -0.39 is 11.9 Å². The average molecular weight is 316 g/mol. The van der Waals surface area contributed by atoms with Crippen LogP contribution in [-0.2, 0) is 11.3 Å². The first-order valence-electron chi connectivity index (χ1n) is 7.33. The molecule has 1 atom stereocenters. The van der Waals surface area contributed by atoms with E-state index in [-0.39, 0.29) is 19.1 Å². The van der Waals surface area contributed by atoms with E-state index in [0.717, 1.165) is 11.3 Å². The smallest absolute Gasteiger partial charge is 0.317 e. The van der Waals surface area contributed by atoms with Gasteiger partial charge >= 0.3 is 12.0 Å². The van der Waals surface area contributed by atoms with Crippen LogP contribution >= 0.6 is 0 Å². The van der Waals surface area contributed by atoms with E-state index in [9.17, 15) is 9.59 Å². The second kappa shape index (κ2) is 7.49. The summed E-state index contributed by atoms with van der Waals surface area (Å²) in [5.41, 5.74) is 0.970. The molecule has 1 heterocycles. The molecule has 2 amide bonds. The molecule has 2 N–H and O–H groups in total. The Morgan fingerprint density at radius 1 is 1.22 bits per heavy atom.